The molecular weight excluding hydrogens is 393 g/mol. The van der Waals surface area contributed by atoms with Gasteiger partial charge >= 0.3 is 0 Å². The molecule has 0 aliphatic rings. The molecule has 2 aromatic heterocycles. The molecule has 7 heteroatoms. The summed E-state index contributed by atoms with van der Waals surface area (Å²) in [5.74, 6) is 0.734. The number of ketones is 1. The molecule has 4 rings (SSSR count). The van der Waals surface area contributed by atoms with E-state index >= 15 is 0 Å². The number of nitrogens with zero attached hydrogens (tertiary/aromatic N) is 1. The van der Waals surface area contributed by atoms with E-state index in [9.17, 15) is 4.79 Å². The third-order valence-corrected chi connectivity index (χ3v) is 5.07. The summed E-state index contributed by atoms with van der Waals surface area (Å²) in [5.41, 5.74) is 2.10. The molecule has 2 aromatic carbocycles. The topological polar surface area (TPSA) is 56.2 Å². The van der Waals surface area contributed by atoms with E-state index in [0.29, 0.717) is 32.2 Å². The molecule has 4 nitrogen and oxygen atoms in total. The average Bonchev–Trinajstić information content (AvgIpc) is 3.28. The highest BCUT2D eigenvalue weighted by Crippen LogP contribution is 2.32. The van der Waals surface area contributed by atoms with Crippen molar-refractivity contribution in [3.05, 3.63) is 70.4 Å². The number of thioether (sulfide) groups is 1. The lowest BCUT2D eigenvalue weighted by Crippen LogP contribution is -2.00. The van der Waals surface area contributed by atoms with Gasteiger partial charge in [-0.3, -0.25) is 4.79 Å². The van der Waals surface area contributed by atoms with Gasteiger partial charge in [-0.25, -0.2) is 4.98 Å². The van der Waals surface area contributed by atoms with E-state index in [1.807, 2.05) is 24.3 Å². The van der Waals surface area contributed by atoms with Crippen LogP contribution in [-0.4, -0.2) is 16.5 Å². The molecule has 0 aliphatic heterocycles. The first kappa shape index (κ1) is 17.2. The van der Waals surface area contributed by atoms with E-state index in [4.69, 9.17) is 32.0 Å². The van der Waals surface area contributed by atoms with Gasteiger partial charge in [0.1, 0.15) is 11.3 Å². The Kier molecular flexibility index (Phi) is 4.76. The molecule has 4 aromatic rings. The molecular formula is C19H11Cl2NO3S. The second-order valence-corrected chi connectivity index (χ2v) is 7.22. The molecule has 0 bridgehead atoms. The fraction of sp³-hybridized carbons (Fsp3) is 0.0526. The highest BCUT2D eigenvalue weighted by molar-refractivity contribution is 7.99. The molecule has 0 atom stereocenters. The molecule has 0 amide bonds. The number of para-hydroxylation sites is 2. The Balaban J connectivity index is 1.48. The van der Waals surface area contributed by atoms with E-state index in [0.717, 1.165) is 5.52 Å². The number of aromatic nitrogens is 1. The van der Waals surface area contributed by atoms with Gasteiger partial charge in [-0.1, -0.05) is 47.1 Å². The second kappa shape index (κ2) is 7.19. The van der Waals surface area contributed by atoms with Gasteiger partial charge in [0.15, 0.2) is 11.3 Å². The summed E-state index contributed by atoms with van der Waals surface area (Å²) in [6, 6.07) is 15.9. The molecule has 26 heavy (non-hydrogen) atoms. The fourth-order valence-electron chi connectivity index (χ4n) is 2.43. The van der Waals surface area contributed by atoms with Crippen molar-refractivity contribution in [3.8, 4) is 11.3 Å². The number of hydrogen-bond acceptors (Lipinski definition) is 5. The maximum absolute atomic E-state index is 12.4. The van der Waals surface area contributed by atoms with Gasteiger partial charge in [-0.05, 0) is 42.5 Å². The lowest BCUT2D eigenvalue weighted by atomic mass is 10.2. The largest absolute Gasteiger partial charge is 0.453 e. The molecule has 2 heterocycles. The summed E-state index contributed by atoms with van der Waals surface area (Å²) in [7, 11) is 0. The van der Waals surface area contributed by atoms with Crippen molar-refractivity contribution >= 4 is 51.8 Å². The number of Topliss-reactive ketones (excluding diaryl/α,β-unsaturated/α-hetero) is 1. The second-order valence-electron chi connectivity index (χ2n) is 5.45. The third-order valence-electron chi connectivity index (χ3n) is 3.68. The van der Waals surface area contributed by atoms with E-state index in [1.165, 1.54) is 11.8 Å². The predicted molar refractivity (Wildman–Crippen MR) is 103 cm³/mol. The number of fused-ring (bicyclic) bond motifs is 1. The molecule has 0 spiro atoms. The maximum Gasteiger partial charge on any atom is 0.257 e. The molecule has 0 unspecified atom stereocenters. The molecule has 130 valence electrons. The summed E-state index contributed by atoms with van der Waals surface area (Å²) >= 11 is 13.4. The van der Waals surface area contributed by atoms with Crippen molar-refractivity contribution < 1.29 is 13.6 Å². The number of carbonyl (C=O) groups excluding carboxylic acids is 1. The van der Waals surface area contributed by atoms with Gasteiger partial charge in [-0.2, -0.15) is 0 Å². The summed E-state index contributed by atoms with van der Waals surface area (Å²) in [6.07, 6.45) is 0. The zero-order chi connectivity index (χ0) is 18.1. The number of benzene rings is 2. The maximum atomic E-state index is 12.4. The van der Waals surface area contributed by atoms with Crippen LogP contribution in [0, 0.1) is 0 Å². The van der Waals surface area contributed by atoms with Crippen molar-refractivity contribution in [2.45, 2.75) is 5.22 Å². The third kappa shape index (κ3) is 3.51. The van der Waals surface area contributed by atoms with Crippen LogP contribution in [-0.2, 0) is 0 Å². The zero-order valence-electron chi connectivity index (χ0n) is 13.2. The van der Waals surface area contributed by atoms with Gasteiger partial charge in [0.25, 0.3) is 5.22 Å². The first-order valence-corrected chi connectivity index (χ1v) is 9.41. The highest BCUT2D eigenvalue weighted by Gasteiger charge is 2.16. The summed E-state index contributed by atoms with van der Waals surface area (Å²) in [6.45, 7) is 0. The number of carbonyl (C=O) groups is 1. The van der Waals surface area contributed by atoms with Crippen molar-refractivity contribution in [1.82, 2.24) is 4.98 Å². The normalized spacial score (nSPS) is 11.2. The summed E-state index contributed by atoms with van der Waals surface area (Å²) in [5, 5.41) is 1.49. The average molecular weight is 404 g/mol. The molecule has 0 N–H and O–H groups in total. The Hall–Kier alpha value is -2.21. The molecule has 0 saturated heterocycles. The van der Waals surface area contributed by atoms with Crippen molar-refractivity contribution in [3.63, 3.8) is 0 Å². The van der Waals surface area contributed by atoms with Crippen LogP contribution in [0.1, 0.15) is 10.6 Å². The van der Waals surface area contributed by atoms with Crippen molar-refractivity contribution in [2.75, 3.05) is 5.75 Å². The Labute approximate surface area is 163 Å². The van der Waals surface area contributed by atoms with Gasteiger partial charge in [0, 0.05) is 10.6 Å². The number of furan rings is 1. The quantitative estimate of drug-likeness (QED) is 0.286. The minimum atomic E-state index is -0.165. The Morgan fingerprint density at radius 1 is 1.04 bits per heavy atom. The van der Waals surface area contributed by atoms with Crippen LogP contribution < -0.4 is 0 Å². The standard InChI is InChI=1S/C19H11Cl2NO3S/c20-11-5-6-13(21)12(9-11)16-7-8-18(24-16)15(23)10-26-19-22-14-3-1-2-4-17(14)25-19/h1-9H,10H2. The number of rotatable bonds is 5. The number of halogens is 2. The monoisotopic (exact) mass is 403 g/mol. The minimum absolute atomic E-state index is 0.156. The SMILES string of the molecule is O=C(CSc1nc2ccccc2o1)c1ccc(-c2cc(Cl)ccc2Cl)o1. The van der Waals surface area contributed by atoms with Crippen molar-refractivity contribution in [1.29, 1.82) is 0 Å². The van der Waals surface area contributed by atoms with Crippen LogP contribution in [0.3, 0.4) is 0 Å². The summed E-state index contributed by atoms with van der Waals surface area (Å²) in [4.78, 5) is 16.7. The number of oxazole rings is 1. The van der Waals surface area contributed by atoms with Gasteiger partial charge < -0.3 is 8.83 Å². The van der Waals surface area contributed by atoms with E-state index in [1.54, 1.807) is 30.3 Å². The van der Waals surface area contributed by atoms with Crippen LogP contribution in [0.15, 0.2) is 68.7 Å². The number of hydrogen-bond donors (Lipinski definition) is 0. The van der Waals surface area contributed by atoms with Gasteiger partial charge in [0.2, 0.25) is 5.78 Å². The van der Waals surface area contributed by atoms with Crippen LogP contribution in [0.5, 0.6) is 0 Å². The predicted octanol–water partition coefficient (Wildman–Crippen LogP) is 6.37. The van der Waals surface area contributed by atoms with E-state index in [-0.39, 0.29) is 17.3 Å². The molecule has 0 radical (unpaired) electrons. The molecule has 0 aliphatic carbocycles. The lowest BCUT2D eigenvalue weighted by molar-refractivity contribution is 0.0992. The Morgan fingerprint density at radius 3 is 2.73 bits per heavy atom. The first-order valence-electron chi connectivity index (χ1n) is 7.67. The van der Waals surface area contributed by atoms with E-state index < -0.39 is 0 Å². The zero-order valence-corrected chi connectivity index (χ0v) is 15.6. The van der Waals surface area contributed by atoms with Crippen LogP contribution in [0.2, 0.25) is 10.0 Å². The van der Waals surface area contributed by atoms with Crippen LogP contribution in [0.4, 0.5) is 0 Å². The molecule has 0 fully saturated rings. The van der Waals surface area contributed by atoms with Crippen LogP contribution >= 0.6 is 35.0 Å². The van der Waals surface area contributed by atoms with Gasteiger partial charge in [0.05, 0.1) is 10.8 Å². The van der Waals surface area contributed by atoms with Crippen molar-refractivity contribution in [2.24, 2.45) is 0 Å². The lowest BCUT2D eigenvalue weighted by Gasteiger charge is -2.01. The van der Waals surface area contributed by atoms with E-state index in [2.05, 4.69) is 4.98 Å². The Morgan fingerprint density at radius 2 is 1.88 bits per heavy atom. The minimum Gasteiger partial charge on any atom is -0.453 e. The van der Waals surface area contributed by atoms with Gasteiger partial charge in [-0.15, -0.1) is 0 Å². The smallest absolute Gasteiger partial charge is 0.257 e. The Bertz CT molecular complexity index is 1070. The highest BCUT2D eigenvalue weighted by atomic mass is 35.5. The first-order chi connectivity index (χ1) is 12.6. The fourth-order valence-corrected chi connectivity index (χ4v) is 3.52. The van der Waals surface area contributed by atoms with Crippen LogP contribution in [0.25, 0.3) is 22.4 Å². The summed E-state index contributed by atoms with van der Waals surface area (Å²) < 4.78 is 11.3. The molecule has 0 saturated carbocycles.